The fraction of sp³-hybridized carbons (Fsp3) is 0.667. The van der Waals surface area contributed by atoms with Crippen LogP contribution in [0.2, 0.25) is 0 Å². The van der Waals surface area contributed by atoms with E-state index >= 15 is 0 Å². The number of hydrogen-bond acceptors (Lipinski definition) is 6. The fourth-order valence-electron chi connectivity index (χ4n) is 0.258. The summed E-state index contributed by atoms with van der Waals surface area (Å²) < 4.78 is 4.20. The molecule has 10 heavy (non-hydrogen) atoms. The predicted molar refractivity (Wildman–Crippen MR) is 26.3 cm³/mol. The molecule has 0 aromatic heterocycles. The Balaban J connectivity index is 3.65. The molecule has 0 aliphatic heterocycles. The van der Waals surface area contributed by atoms with Gasteiger partial charge in [-0.05, 0) is 6.92 Å². The average molecular weight is 153 g/mol. The summed E-state index contributed by atoms with van der Waals surface area (Å²) in [7, 11) is 0. The zero-order chi connectivity index (χ0) is 7.98. The highest BCUT2D eigenvalue weighted by Crippen LogP contribution is 1.92. The molecule has 0 rings (SSSR count). The van der Waals surface area contributed by atoms with E-state index in [0.29, 0.717) is 0 Å². The maximum Gasteiger partial charge on any atom is 0.464 e. The molecular weight excluding hydrogens is 146 g/mol. The molecule has 0 saturated heterocycles. The molecule has 0 aliphatic carbocycles. The van der Waals surface area contributed by atoms with E-state index in [1.54, 1.807) is 0 Å². The first-order chi connectivity index (χ1) is 4.76. The van der Waals surface area contributed by atoms with Gasteiger partial charge in [-0.15, -0.1) is 0 Å². The van der Waals surface area contributed by atoms with Crippen molar-refractivity contribution < 1.29 is 30.0 Å². The third-order valence-electron chi connectivity index (χ3n) is 0.565. The molecule has 0 bridgehead atoms. The third-order valence-corrected chi connectivity index (χ3v) is 0.565. The van der Waals surface area contributed by atoms with Gasteiger partial charge in [0, 0.05) is 5.23 Å². The molecule has 0 atom stereocenters. The van der Waals surface area contributed by atoms with E-state index in [9.17, 15) is 4.79 Å². The lowest BCUT2D eigenvalue weighted by Crippen LogP contribution is -2.29. The molecule has 0 saturated carbocycles. The van der Waals surface area contributed by atoms with Gasteiger partial charge in [-0.25, -0.2) is 15.3 Å². The Hall–Kier alpha value is -0.890. The monoisotopic (exact) mass is 153 g/mol. The molecule has 0 unspecified atom stereocenters. The van der Waals surface area contributed by atoms with Gasteiger partial charge in [0.2, 0.25) is 0 Å². The van der Waals surface area contributed by atoms with Crippen LogP contribution in [-0.4, -0.2) is 28.4 Å². The number of nitrogens with zero attached hydrogens (tertiary/aromatic N) is 1. The van der Waals surface area contributed by atoms with Gasteiger partial charge in [0.25, 0.3) is 0 Å². The minimum atomic E-state index is -1.16. The van der Waals surface area contributed by atoms with Gasteiger partial charge in [-0.2, -0.15) is 0 Å². The number of carbonyl (C=O) groups is 1. The Bertz CT molecular complexity index is 101. The first kappa shape index (κ1) is 9.11. The first-order valence-corrected chi connectivity index (χ1v) is 2.36. The second kappa shape index (κ2) is 4.94. The minimum absolute atomic E-state index is 0.0715. The summed E-state index contributed by atoms with van der Waals surface area (Å²) in [6.07, 6.45) is -1.16. The van der Waals surface area contributed by atoms with Crippen LogP contribution in [0.5, 0.6) is 0 Å². The van der Waals surface area contributed by atoms with Gasteiger partial charge >= 0.3 is 6.09 Å². The summed E-state index contributed by atoms with van der Waals surface area (Å²) in [6, 6.07) is 0. The molecule has 2 N–H and O–H groups in total. The Labute approximate surface area is 56.1 Å². The second-order valence-corrected chi connectivity index (χ2v) is 1.12. The molecule has 1 amide bonds. The molecule has 0 aromatic carbocycles. The molecular formula is C3H7NO6. The van der Waals surface area contributed by atoms with E-state index in [2.05, 4.69) is 14.7 Å². The number of hydrogen-bond donors (Lipinski definition) is 2. The number of amides is 1. The summed E-state index contributed by atoms with van der Waals surface area (Å²) >= 11 is 0. The normalized spacial score (nSPS) is 9.10. The maximum atomic E-state index is 10.3. The standard InChI is InChI=1S/C3H7NO6/c1-2-8-3(5)4(9-6)10-7/h6-7H,2H2,1H3. The largest absolute Gasteiger partial charge is 0.464 e. The molecule has 7 heteroatoms. The SMILES string of the molecule is CCOC(=O)N(OO)OO. The molecule has 0 aromatic rings. The molecule has 60 valence electrons. The topological polar surface area (TPSA) is 88.5 Å². The highest BCUT2D eigenvalue weighted by Gasteiger charge is 2.16. The van der Waals surface area contributed by atoms with Gasteiger partial charge < -0.3 is 4.74 Å². The number of carbonyl (C=O) groups excluding carboxylic acids is 1. The summed E-state index contributed by atoms with van der Waals surface area (Å²) in [5.74, 6) is 0. The Morgan fingerprint density at radius 3 is 2.30 bits per heavy atom. The van der Waals surface area contributed by atoms with Gasteiger partial charge in [0.15, 0.2) is 0 Å². The highest BCUT2D eigenvalue weighted by atomic mass is 17.4. The van der Waals surface area contributed by atoms with Crippen molar-refractivity contribution in [3.05, 3.63) is 0 Å². The van der Waals surface area contributed by atoms with Crippen LogP contribution in [0.15, 0.2) is 0 Å². The third kappa shape index (κ3) is 2.60. The van der Waals surface area contributed by atoms with Crippen molar-refractivity contribution in [1.82, 2.24) is 5.23 Å². The summed E-state index contributed by atoms with van der Waals surface area (Å²) in [5.41, 5.74) is 0. The quantitative estimate of drug-likeness (QED) is 0.446. The lowest BCUT2D eigenvalue weighted by atomic mass is 10.9. The van der Waals surface area contributed by atoms with E-state index < -0.39 is 6.09 Å². The zero-order valence-corrected chi connectivity index (χ0v) is 5.18. The zero-order valence-electron chi connectivity index (χ0n) is 5.18. The second-order valence-electron chi connectivity index (χ2n) is 1.12. The number of rotatable bonds is 3. The molecule has 0 fully saturated rings. The lowest BCUT2D eigenvalue weighted by molar-refractivity contribution is -0.560. The number of hydroxylamine groups is 2. The fourth-order valence-corrected chi connectivity index (χ4v) is 0.258. The van der Waals surface area contributed by atoms with Crippen molar-refractivity contribution in [2.75, 3.05) is 6.61 Å². The van der Waals surface area contributed by atoms with Gasteiger partial charge in [0.05, 0.1) is 6.61 Å². The molecule has 0 radical (unpaired) electrons. The molecule has 0 spiro atoms. The van der Waals surface area contributed by atoms with Crippen LogP contribution in [0, 0.1) is 0 Å². The van der Waals surface area contributed by atoms with Gasteiger partial charge in [0.1, 0.15) is 0 Å². The maximum absolute atomic E-state index is 10.3. The van der Waals surface area contributed by atoms with Crippen LogP contribution in [-0.2, 0) is 14.7 Å². The Morgan fingerprint density at radius 1 is 1.50 bits per heavy atom. The molecule has 0 heterocycles. The van der Waals surface area contributed by atoms with E-state index in [4.69, 9.17) is 10.5 Å². The van der Waals surface area contributed by atoms with Crippen LogP contribution < -0.4 is 0 Å². The average Bonchev–Trinajstić information content (AvgIpc) is 1.91. The predicted octanol–water partition coefficient (Wildman–Crippen LogP) is 0.254. The van der Waals surface area contributed by atoms with E-state index in [1.165, 1.54) is 6.92 Å². The lowest BCUT2D eigenvalue weighted by Gasteiger charge is -2.09. The van der Waals surface area contributed by atoms with Gasteiger partial charge in [-0.3, -0.25) is 0 Å². The Morgan fingerprint density at radius 2 is 2.00 bits per heavy atom. The summed E-state index contributed by atoms with van der Waals surface area (Å²) in [5, 5.41) is 15.3. The van der Waals surface area contributed by atoms with Crippen LogP contribution >= 0.6 is 0 Å². The van der Waals surface area contributed by atoms with Crippen LogP contribution in [0.25, 0.3) is 0 Å². The van der Waals surface area contributed by atoms with Crippen LogP contribution in [0.1, 0.15) is 6.92 Å². The van der Waals surface area contributed by atoms with Crippen molar-refractivity contribution in [3.8, 4) is 0 Å². The van der Waals surface area contributed by atoms with Crippen molar-refractivity contribution in [2.24, 2.45) is 0 Å². The van der Waals surface area contributed by atoms with Gasteiger partial charge in [-0.1, -0.05) is 9.98 Å². The van der Waals surface area contributed by atoms with Crippen molar-refractivity contribution in [3.63, 3.8) is 0 Å². The summed E-state index contributed by atoms with van der Waals surface area (Å²) in [6.45, 7) is 1.60. The first-order valence-electron chi connectivity index (χ1n) is 2.36. The molecule has 7 nitrogen and oxygen atoms in total. The molecule has 0 aliphatic rings. The highest BCUT2D eigenvalue weighted by molar-refractivity contribution is 5.64. The van der Waals surface area contributed by atoms with Crippen molar-refractivity contribution in [1.29, 1.82) is 0 Å². The van der Waals surface area contributed by atoms with Crippen LogP contribution in [0.3, 0.4) is 0 Å². The van der Waals surface area contributed by atoms with Crippen LogP contribution in [0.4, 0.5) is 4.79 Å². The van der Waals surface area contributed by atoms with Crippen molar-refractivity contribution >= 4 is 6.09 Å². The summed E-state index contributed by atoms with van der Waals surface area (Å²) in [4.78, 5) is 16.7. The van der Waals surface area contributed by atoms with Crippen molar-refractivity contribution in [2.45, 2.75) is 6.92 Å². The van der Waals surface area contributed by atoms with E-state index in [1.807, 2.05) is 0 Å². The Kier molecular flexibility index (Phi) is 4.50. The van der Waals surface area contributed by atoms with E-state index in [-0.39, 0.29) is 11.8 Å². The minimum Gasteiger partial charge on any atom is -0.446 e. The van der Waals surface area contributed by atoms with E-state index in [0.717, 1.165) is 0 Å². The number of ether oxygens (including phenoxy) is 1. The smallest absolute Gasteiger partial charge is 0.446 e.